The highest BCUT2D eigenvalue weighted by Gasteiger charge is 2.19. The van der Waals surface area contributed by atoms with Crippen LogP contribution in [0.4, 0.5) is 0 Å². The lowest BCUT2D eigenvalue weighted by Crippen LogP contribution is -2.10. The van der Waals surface area contributed by atoms with Crippen molar-refractivity contribution >= 4 is 23.4 Å². The standard InChI is InChI=1S/C11H8ClN3O3/c1-6(16)8-5-9(11(17)18)15(14-8)10-7(12)3-2-4-13-10/h2-5H,1H3,(H,17,18). The number of aromatic carboxylic acids is 1. The zero-order valence-corrected chi connectivity index (χ0v) is 10.0. The molecule has 2 aromatic rings. The van der Waals surface area contributed by atoms with Gasteiger partial charge in [0, 0.05) is 19.2 Å². The SMILES string of the molecule is CC(=O)c1cc(C(=O)O)n(-c2ncccc2Cl)n1. The molecule has 92 valence electrons. The first-order valence-corrected chi connectivity index (χ1v) is 5.33. The van der Waals surface area contributed by atoms with Crippen molar-refractivity contribution in [2.75, 3.05) is 0 Å². The molecule has 1 N–H and O–H groups in total. The summed E-state index contributed by atoms with van der Waals surface area (Å²) in [5, 5.41) is 13.2. The Morgan fingerprint density at radius 3 is 2.72 bits per heavy atom. The maximum absolute atomic E-state index is 11.2. The van der Waals surface area contributed by atoms with Crippen molar-refractivity contribution in [3.63, 3.8) is 0 Å². The maximum Gasteiger partial charge on any atom is 0.354 e. The van der Waals surface area contributed by atoms with Crippen LogP contribution in [0.3, 0.4) is 0 Å². The lowest BCUT2D eigenvalue weighted by molar-refractivity contribution is 0.0686. The third-order valence-electron chi connectivity index (χ3n) is 2.23. The molecule has 18 heavy (non-hydrogen) atoms. The second kappa shape index (κ2) is 4.58. The Morgan fingerprint density at radius 1 is 1.44 bits per heavy atom. The highest BCUT2D eigenvalue weighted by Crippen LogP contribution is 2.19. The van der Waals surface area contributed by atoms with Crippen LogP contribution >= 0.6 is 11.6 Å². The minimum atomic E-state index is -1.21. The molecule has 0 spiro atoms. The van der Waals surface area contributed by atoms with E-state index in [1.54, 1.807) is 12.1 Å². The Hall–Kier alpha value is -2.21. The summed E-state index contributed by atoms with van der Waals surface area (Å²) in [5.41, 5.74) is -0.116. The molecule has 0 bridgehead atoms. The number of carbonyl (C=O) groups is 2. The first-order valence-electron chi connectivity index (χ1n) is 4.96. The summed E-state index contributed by atoms with van der Waals surface area (Å²) in [7, 11) is 0. The predicted molar refractivity (Wildman–Crippen MR) is 63.3 cm³/mol. The largest absolute Gasteiger partial charge is 0.477 e. The molecule has 0 radical (unpaired) electrons. The smallest absolute Gasteiger partial charge is 0.354 e. The lowest BCUT2D eigenvalue weighted by Gasteiger charge is -2.04. The summed E-state index contributed by atoms with van der Waals surface area (Å²) in [6.45, 7) is 1.30. The number of rotatable bonds is 3. The predicted octanol–water partition coefficient (Wildman–Crippen LogP) is 1.82. The van der Waals surface area contributed by atoms with Crippen LogP contribution in [0.15, 0.2) is 24.4 Å². The monoisotopic (exact) mass is 265 g/mol. The van der Waals surface area contributed by atoms with Gasteiger partial charge in [-0.25, -0.2) is 14.5 Å². The summed E-state index contributed by atoms with van der Waals surface area (Å²) in [4.78, 5) is 26.3. The molecule has 2 heterocycles. The van der Waals surface area contributed by atoms with Gasteiger partial charge in [-0.2, -0.15) is 5.10 Å². The third kappa shape index (κ3) is 2.10. The number of Topliss-reactive ketones (excluding diaryl/α,β-unsaturated/α-hetero) is 1. The van der Waals surface area contributed by atoms with Crippen molar-refractivity contribution in [3.05, 3.63) is 40.8 Å². The molecule has 0 amide bonds. The number of hydrogen-bond donors (Lipinski definition) is 1. The summed E-state index contributed by atoms with van der Waals surface area (Å²) in [6.07, 6.45) is 1.46. The van der Waals surface area contributed by atoms with Gasteiger partial charge in [-0.15, -0.1) is 0 Å². The number of carboxylic acids is 1. The Balaban J connectivity index is 2.67. The summed E-state index contributed by atoms with van der Waals surface area (Å²) in [5.74, 6) is -1.37. The van der Waals surface area contributed by atoms with Crippen molar-refractivity contribution in [3.8, 4) is 5.82 Å². The topological polar surface area (TPSA) is 85.1 Å². The molecule has 0 atom stereocenters. The van der Waals surface area contributed by atoms with Crippen LogP contribution in [-0.4, -0.2) is 31.6 Å². The van der Waals surface area contributed by atoms with Crippen LogP contribution < -0.4 is 0 Å². The highest BCUT2D eigenvalue weighted by atomic mass is 35.5. The van der Waals surface area contributed by atoms with Crippen LogP contribution in [0.5, 0.6) is 0 Å². The van der Waals surface area contributed by atoms with E-state index < -0.39 is 5.97 Å². The van der Waals surface area contributed by atoms with Gasteiger partial charge in [-0.05, 0) is 12.1 Å². The number of carboxylic acid groups (broad SMARTS) is 1. The second-order valence-electron chi connectivity index (χ2n) is 3.50. The van der Waals surface area contributed by atoms with E-state index in [1.165, 1.54) is 19.2 Å². The summed E-state index contributed by atoms with van der Waals surface area (Å²) < 4.78 is 1.04. The maximum atomic E-state index is 11.2. The fraction of sp³-hybridized carbons (Fsp3) is 0.0909. The number of pyridine rings is 1. The molecule has 0 unspecified atom stereocenters. The molecular formula is C11H8ClN3O3. The summed E-state index contributed by atoms with van der Waals surface area (Å²) in [6, 6.07) is 4.36. The van der Waals surface area contributed by atoms with E-state index in [-0.39, 0.29) is 28.0 Å². The van der Waals surface area contributed by atoms with E-state index in [0.29, 0.717) is 0 Å². The van der Waals surface area contributed by atoms with Crippen molar-refractivity contribution < 1.29 is 14.7 Å². The molecule has 0 fully saturated rings. The Kier molecular flexibility index (Phi) is 3.12. The number of hydrogen-bond acceptors (Lipinski definition) is 4. The summed E-state index contributed by atoms with van der Waals surface area (Å²) >= 11 is 5.92. The minimum Gasteiger partial charge on any atom is -0.477 e. The van der Waals surface area contributed by atoms with Crippen molar-refractivity contribution in [1.82, 2.24) is 14.8 Å². The Bertz CT molecular complexity index is 636. The van der Waals surface area contributed by atoms with Gasteiger partial charge in [0.15, 0.2) is 17.3 Å². The molecular weight excluding hydrogens is 258 g/mol. The minimum absolute atomic E-state index is 0.0501. The number of aromatic nitrogens is 3. The van der Waals surface area contributed by atoms with Crippen molar-refractivity contribution in [2.45, 2.75) is 6.92 Å². The molecule has 0 saturated heterocycles. The average molecular weight is 266 g/mol. The van der Waals surface area contributed by atoms with E-state index in [1.807, 2.05) is 0 Å². The quantitative estimate of drug-likeness (QED) is 0.856. The van der Waals surface area contributed by atoms with E-state index in [0.717, 1.165) is 4.68 Å². The van der Waals surface area contributed by atoms with E-state index in [2.05, 4.69) is 10.1 Å². The first-order chi connectivity index (χ1) is 8.50. The average Bonchev–Trinajstić information content (AvgIpc) is 2.74. The molecule has 0 aromatic carbocycles. The van der Waals surface area contributed by atoms with Crippen LogP contribution in [0.25, 0.3) is 5.82 Å². The number of nitrogens with zero attached hydrogens (tertiary/aromatic N) is 3. The van der Waals surface area contributed by atoms with Crippen molar-refractivity contribution in [1.29, 1.82) is 0 Å². The third-order valence-corrected chi connectivity index (χ3v) is 2.52. The fourth-order valence-corrected chi connectivity index (χ4v) is 1.60. The van der Waals surface area contributed by atoms with E-state index in [4.69, 9.17) is 16.7 Å². The molecule has 2 rings (SSSR count). The van der Waals surface area contributed by atoms with Gasteiger partial charge in [-0.1, -0.05) is 11.6 Å². The lowest BCUT2D eigenvalue weighted by atomic mass is 10.3. The van der Waals surface area contributed by atoms with Gasteiger partial charge in [0.2, 0.25) is 0 Å². The second-order valence-corrected chi connectivity index (χ2v) is 3.90. The highest BCUT2D eigenvalue weighted by molar-refractivity contribution is 6.32. The van der Waals surface area contributed by atoms with E-state index >= 15 is 0 Å². The first kappa shape index (κ1) is 12.3. The van der Waals surface area contributed by atoms with Gasteiger partial charge in [0.25, 0.3) is 0 Å². The van der Waals surface area contributed by atoms with Gasteiger partial charge >= 0.3 is 5.97 Å². The normalized spacial score (nSPS) is 10.3. The molecule has 0 aliphatic heterocycles. The zero-order valence-electron chi connectivity index (χ0n) is 9.29. The molecule has 0 saturated carbocycles. The van der Waals surface area contributed by atoms with Gasteiger partial charge < -0.3 is 5.11 Å². The molecule has 6 nitrogen and oxygen atoms in total. The Labute approximate surface area is 107 Å². The molecule has 0 aliphatic carbocycles. The van der Waals surface area contributed by atoms with Crippen LogP contribution in [0, 0.1) is 0 Å². The van der Waals surface area contributed by atoms with Crippen molar-refractivity contribution in [2.24, 2.45) is 0 Å². The zero-order chi connectivity index (χ0) is 13.3. The number of halogens is 1. The van der Waals surface area contributed by atoms with Crippen LogP contribution in [0.2, 0.25) is 5.02 Å². The molecule has 7 heteroatoms. The fourth-order valence-electron chi connectivity index (χ4n) is 1.40. The van der Waals surface area contributed by atoms with Gasteiger partial charge in [0.1, 0.15) is 5.69 Å². The van der Waals surface area contributed by atoms with Crippen LogP contribution in [0.1, 0.15) is 27.9 Å². The van der Waals surface area contributed by atoms with Crippen LogP contribution in [-0.2, 0) is 0 Å². The Morgan fingerprint density at radius 2 is 2.17 bits per heavy atom. The number of carbonyl (C=O) groups excluding carboxylic acids is 1. The van der Waals surface area contributed by atoms with E-state index in [9.17, 15) is 9.59 Å². The molecule has 2 aromatic heterocycles. The molecule has 0 aliphatic rings. The van der Waals surface area contributed by atoms with Gasteiger partial charge in [-0.3, -0.25) is 4.79 Å². The number of ketones is 1. The van der Waals surface area contributed by atoms with Gasteiger partial charge in [0.05, 0.1) is 5.02 Å².